The van der Waals surface area contributed by atoms with Crippen molar-refractivity contribution >= 4 is 5.91 Å². The molecule has 1 heterocycles. The molecule has 6 nitrogen and oxygen atoms in total. The lowest BCUT2D eigenvalue weighted by Gasteiger charge is -2.23. The van der Waals surface area contributed by atoms with E-state index in [0.717, 1.165) is 29.5 Å². The number of amides is 1. The first-order chi connectivity index (χ1) is 13.8. The number of nitrogens with two attached hydrogens (primary N) is 1. The van der Waals surface area contributed by atoms with Crippen LogP contribution in [0.4, 0.5) is 0 Å². The zero-order valence-electron chi connectivity index (χ0n) is 17.0. The number of nitriles is 1. The second-order valence-corrected chi connectivity index (χ2v) is 8.13. The van der Waals surface area contributed by atoms with Crippen molar-refractivity contribution in [3.05, 3.63) is 58.5 Å². The molecule has 6 heteroatoms. The SMILES string of the molecule is CC(C)n1cc(-c2ccc(C(C#N)CNC(=O)C3(N)CCCC3)cc2)ccc1=O. The predicted molar refractivity (Wildman–Crippen MR) is 113 cm³/mol. The lowest BCUT2D eigenvalue weighted by atomic mass is 9.95. The highest BCUT2D eigenvalue weighted by Crippen LogP contribution is 2.27. The fraction of sp³-hybridized carbons (Fsp3) is 0.435. The molecule has 1 aromatic carbocycles. The van der Waals surface area contributed by atoms with Gasteiger partial charge in [0.15, 0.2) is 0 Å². The zero-order valence-corrected chi connectivity index (χ0v) is 17.0. The van der Waals surface area contributed by atoms with Crippen molar-refractivity contribution in [3.8, 4) is 17.2 Å². The Morgan fingerprint density at radius 2 is 1.79 bits per heavy atom. The standard InChI is InChI=1S/C23H28N4O2/c1-16(2)27-15-19(9-10-21(27)28)17-5-7-18(8-6-17)20(13-24)14-26-22(29)23(25)11-3-4-12-23/h5-10,15-16,20H,3-4,11-12,14,25H2,1-2H3,(H,26,29). The smallest absolute Gasteiger partial charge is 0.250 e. The summed E-state index contributed by atoms with van der Waals surface area (Å²) in [5, 5.41) is 12.4. The van der Waals surface area contributed by atoms with Gasteiger partial charge in [0.2, 0.25) is 5.91 Å². The molecule has 1 aliphatic rings. The zero-order chi connectivity index (χ0) is 21.0. The maximum absolute atomic E-state index is 12.4. The van der Waals surface area contributed by atoms with Gasteiger partial charge in [-0.15, -0.1) is 0 Å². The minimum atomic E-state index is -0.788. The van der Waals surface area contributed by atoms with E-state index in [-0.39, 0.29) is 24.1 Å². The highest BCUT2D eigenvalue weighted by Gasteiger charge is 2.37. The third kappa shape index (κ3) is 4.57. The number of nitrogens with one attached hydrogen (secondary N) is 1. The molecule has 1 unspecified atom stereocenters. The van der Waals surface area contributed by atoms with Crippen LogP contribution in [0.2, 0.25) is 0 Å². The summed E-state index contributed by atoms with van der Waals surface area (Å²) in [4.78, 5) is 24.4. The van der Waals surface area contributed by atoms with Gasteiger partial charge in [-0.2, -0.15) is 5.26 Å². The summed E-state index contributed by atoms with van der Waals surface area (Å²) in [7, 11) is 0. The Kier molecular flexibility index (Phi) is 6.19. The lowest BCUT2D eigenvalue weighted by molar-refractivity contribution is -0.126. The molecule has 2 aromatic rings. The Labute approximate surface area is 171 Å². The second kappa shape index (κ2) is 8.62. The van der Waals surface area contributed by atoms with Crippen LogP contribution in [0.1, 0.15) is 57.1 Å². The molecular formula is C23H28N4O2. The van der Waals surface area contributed by atoms with Gasteiger partial charge >= 0.3 is 0 Å². The van der Waals surface area contributed by atoms with Crippen LogP contribution in [-0.2, 0) is 4.79 Å². The molecule has 1 atom stereocenters. The van der Waals surface area contributed by atoms with Crippen LogP contribution >= 0.6 is 0 Å². The molecule has 3 rings (SSSR count). The molecule has 0 aliphatic heterocycles. The van der Waals surface area contributed by atoms with Crippen LogP contribution in [0.5, 0.6) is 0 Å². The Morgan fingerprint density at radius 3 is 2.38 bits per heavy atom. The summed E-state index contributed by atoms with van der Waals surface area (Å²) in [6.07, 6.45) is 5.19. The highest BCUT2D eigenvalue weighted by atomic mass is 16.2. The number of carbonyl (C=O) groups is 1. The molecule has 1 saturated carbocycles. The third-order valence-electron chi connectivity index (χ3n) is 5.71. The first-order valence-corrected chi connectivity index (χ1v) is 10.1. The van der Waals surface area contributed by atoms with Gasteiger partial charge in [-0.05, 0) is 49.4 Å². The molecule has 1 fully saturated rings. The molecule has 0 radical (unpaired) electrons. The van der Waals surface area contributed by atoms with Gasteiger partial charge in [0.25, 0.3) is 5.56 Å². The Balaban J connectivity index is 1.71. The number of pyridine rings is 1. The normalized spacial score (nSPS) is 16.4. The molecule has 1 aliphatic carbocycles. The fourth-order valence-corrected chi connectivity index (χ4v) is 3.83. The van der Waals surface area contributed by atoms with E-state index in [1.165, 1.54) is 0 Å². The maximum atomic E-state index is 12.4. The van der Waals surface area contributed by atoms with Gasteiger partial charge in [-0.3, -0.25) is 9.59 Å². The lowest BCUT2D eigenvalue weighted by Crippen LogP contribution is -2.52. The van der Waals surface area contributed by atoms with E-state index in [1.807, 2.05) is 44.3 Å². The third-order valence-corrected chi connectivity index (χ3v) is 5.71. The average molecular weight is 393 g/mol. The van der Waals surface area contributed by atoms with Crippen molar-refractivity contribution in [2.45, 2.75) is 57.0 Å². The average Bonchev–Trinajstić information content (AvgIpc) is 3.17. The van der Waals surface area contributed by atoms with E-state index in [2.05, 4.69) is 11.4 Å². The fourth-order valence-electron chi connectivity index (χ4n) is 3.83. The van der Waals surface area contributed by atoms with Gasteiger partial charge in [-0.25, -0.2) is 0 Å². The Hall–Kier alpha value is -2.91. The monoisotopic (exact) mass is 392 g/mol. The van der Waals surface area contributed by atoms with Crippen molar-refractivity contribution in [1.29, 1.82) is 5.26 Å². The Morgan fingerprint density at radius 1 is 1.17 bits per heavy atom. The number of rotatable bonds is 6. The van der Waals surface area contributed by atoms with E-state index >= 15 is 0 Å². The summed E-state index contributed by atoms with van der Waals surface area (Å²) < 4.78 is 1.70. The van der Waals surface area contributed by atoms with Crippen molar-refractivity contribution in [2.24, 2.45) is 5.73 Å². The molecular weight excluding hydrogens is 364 g/mol. The van der Waals surface area contributed by atoms with Crippen LogP contribution in [0.25, 0.3) is 11.1 Å². The van der Waals surface area contributed by atoms with Gasteiger partial charge in [0.1, 0.15) is 0 Å². The summed E-state index contributed by atoms with van der Waals surface area (Å²) in [6, 6.07) is 13.4. The van der Waals surface area contributed by atoms with Gasteiger partial charge in [0, 0.05) is 24.8 Å². The van der Waals surface area contributed by atoms with E-state index < -0.39 is 11.5 Å². The number of aromatic nitrogens is 1. The number of hydrogen-bond acceptors (Lipinski definition) is 4. The summed E-state index contributed by atoms with van der Waals surface area (Å²) in [5.41, 5.74) is 8.11. The van der Waals surface area contributed by atoms with E-state index in [4.69, 9.17) is 5.73 Å². The largest absolute Gasteiger partial charge is 0.353 e. The molecule has 0 spiro atoms. The van der Waals surface area contributed by atoms with Crippen LogP contribution in [0.3, 0.4) is 0 Å². The summed E-state index contributed by atoms with van der Waals surface area (Å²) in [5.74, 6) is -0.606. The highest BCUT2D eigenvalue weighted by molar-refractivity contribution is 5.86. The van der Waals surface area contributed by atoms with Gasteiger partial charge in [-0.1, -0.05) is 37.1 Å². The van der Waals surface area contributed by atoms with E-state index in [0.29, 0.717) is 12.8 Å². The summed E-state index contributed by atoms with van der Waals surface area (Å²) >= 11 is 0. The minimum Gasteiger partial charge on any atom is -0.353 e. The van der Waals surface area contributed by atoms with E-state index in [9.17, 15) is 14.9 Å². The van der Waals surface area contributed by atoms with Crippen molar-refractivity contribution in [1.82, 2.24) is 9.88 Å². The molecule has 1 aromatic heterocycles. The van der Waals surface area contributed by atoms with Crippen molar-refractivity contribution < 1.29 is 4.79 Å². The molecule has 152 valence electrons. The van der Waals surface area contributed by atoms with Crippen LogP contribution in [0.15, 0.2) is 47.4 Å². The van der Waals surface area contributed by atoms with Gasteiger partial charge < -0.3 is 15.6 Å². The van der Waals surface area contributed by atoms with Gasteiger partial charge in [0.05, 0.1) is 17.5 Å². The number of nitrogens with zero attached hydrogens (tertiary/aromatic N) is 2. The quantitative estimate of drug-likeness (QED) is 0.789. The van der Waals surface area contributed by atoms with Crippen LogP contribution in [0, 0.1) is 11.3 Å². The topological polar surface area (TPSA) is 101 Å². The number of hydrogen-bond donors (Lipinski definition) is 2. The molecule has 1 amide bonds. The first kappa shape index (κ1) is 20.8. The number of benzene rings is 1. The molecule has 0 bridgehead atoms. The van der Waals surface area contributed by atoms with Crippen molar-refractivity contribution in [3.63, 3.8) is 0 Å². The van der Waals surface area contributed by atoms with E-state index in [1.54, 1.807) is 16.7 Å². The predicted octanol–water partition coefficient (Wildman–Crippen LogP) is 3.09. The molecule has 29 heavy (non-hydrogen) atoms. The second-order valence-electron chi connectivity index (χ2n) is 8.13. The Bertz CT molecular complexity index is 964. The van der Waals surface area contributed by atoms with Crippen LogP contribution in [-0.4, -0.2) is 22.6 Å². The summed E-state index contributed by atoms with van der Waals surface area (Å²) in [6.45, 7) is 4.18. The molecule has 0 saturated heterocycles. The molecule has 3 N–H and O–H groups in total. The van der Waals surface area contributed by atoms with Crippen LogP contribution < -0.4 is 16.6 Å². The first-order valence-electron chi connectivity index (χ1n) is 10.1. The minimum absolute atomic E-state index is 0.0272. The maximum Gasteiger partial charge on any atom is 0.250 e. The van der Waals surface area contributed by atoms with Crippen molar-refractivity contribution in [2.75, 3.05) is 6.54 Å². The number of carbonyl (C=O) groups excluding carboxylic acids is 1.